The maximum Gasteiger partial charge on any atom is 0.269 e. The number of fused-ring (bicyclic) bond motifs is 2. The summed E-state index contributed by atoms with van der Waals surface area (Å²) >= 11 is 0. The number of anilines is 1. The summed E-state index contributed by atoms with van der Waals surface area (Å²) in [6.07, 6.45) is 2.17. The number of ether oxygens (including phenoxy) is 3. The lowest BCUT2D eigenvalue weighted by Crippen LogP contribution is -2.48. The molecule has 0 unspecified atom stereocenters. The van der Waals surface area contributed by atoms with Crippen molar-refractivity contribution >= 4 is 29.3 Å². The third-order valence-electron chi connectivity index (χ3n) is 7.03. The van der Waals surface area contributed by atoms with Crippen LogP contribution in [0, 0.1) is 10.1 Å². The third kappa shape index (κ3) is 4.85. The predicted octanol–water partition coefficient (Wildman–Crippen LogP) is 1.84. The SMILES string of the molecule is COc1c2c(cc3c1[C@H](C1=NNNN1c1ccc(C([O-])=NN=Cc4ccc([N+](=O)[O-])cc4)cc1)N(C)CC3)OCO2. The lowest BCUT2D eigenvalue weighted by Gasteiger charge is -2.37. The fraction of sp³-hybridized carbons (Fsp3) is 0.222. The van der Waals surface area contributed by atoms with E-state index in [4.69, 9.17) is 14.2 Å². The Kier molecular flexibility index (Phi) is 6.83. The Morgan fingerprint density at radius 3 is 2.71 bits per heavy atom. The molecule has 0 aromatic heterocycles. The van der Waals surface area contributed by atoms with Gasteiger partial charge in [0.15, 0.2) is 17.3 Å². The molecule has 0 spiro atoms. The smallest absolute Gasteiger partial charge is 0.269 e. The molecule has 0 fully saturated rings. The van der Waals surface area contributed by atoms with Gasteiger partial charge in [0.05, 0.1) is 23.9 Å². The minimum Gasteiger partial charge on any atom is -0.857 e. The van der Waals surface area contributed by atoms with E-state index in [0.717, 1.165) is 29.8 Å². The van der Waals surface area contributed by atoms with Gasteiger partial charge in [0, 0.05) is 30.1 Å². The van der Waals surface area contributed by atoms with Crippen molar-refractivity contribution in [2.24, 2.45) is 15.3 Å². The van der Waals surface area contributed by atoms with Crippen molar-refractivity contribution in [2.75, 3.05) is 32.5 Å². The molecule has 0 aliphatic carbocycles. The van der Waals surface area contributed by atoms with Gasteiger partial charge in [0.2, 0.25) is 12.5 Å². The minimum atomic E-state index is -0.530. The van der Waals surface area contributed by atoms with Crippen LogP contribution in [0.1, 0.15) is 28.3 Å². The first kappa shape index (κ1) is 26.0. The molecule has 0 radical (unpaired) electrons. The van der Waals surface area contributed by atoms with Crippen molar-refractivity contribution in [2.45, 2.75) is 12.5 Å². The highest BCUT2D eigenvalue weighted by Crippen LogP contribution is 2.50. The largest absolute Gasteiger partial charge is 0.857 e. The lowest BCUT2D eigenvalue weighted by atomic mass is 9.90. The van der Waals surface area contributed by atoms with E-state index in [1.165, 1.54) is 30.5 Å². The van der Waals surface area contributed by atoms with E-state index < -0.39 is 10.8 Å². The van der Waals surface area contributed by atoms with Gasteiger partial charge in [0.25, 0.3) is 5.69 Å². The lowest BCUT2D eigenvalue weighted by molar-refractivity contribution is -0.384. The van der Waals surface area contributed by atoms with E-state index in [2.05, 4.69) is 31.3 Å². The van der Waals surface area contributed by atoms with Gasteiger partial charge in [-0.15, -0.1) is 10.6 Å². The summed E-state index contributed by atoms with van der Waals surface area (Å²) in [6.45, 7) is 0.938. The van der Waals surface area contributed by atoms with E-state index in [1.807, 2.05) is 13.1 Å². The highest BCUT2D eigenvalue weighted by Gasteiger charge is 2.40. The monoisotopic (exact) mass is 557 g/mol. The molecule has 0 saturated heterocycles. The summed E-state index contributed by atoms with van der Waals surface area (Å²) in [5.41, 5.74) is 9.58. The zero-order chi connectivity index (χ0) is 28.5. The molecule has 0 saturated carbocycles. The maximum atomic E-state index is 12.6. The molecule has 14 heteroatoms. The first-order chi connectivity index (χ1) is 19.9. The fourth-order valence-corrected chi connectivity index (χ4v) is 5.02. The van der Waals surface area contributed by atoms with Crippen molar-refractivity contribution < 1.29 is 24.2 Å². The molecule has 3 aliphatic rings. The van der Waals surface area contributed by atoms with Crippen LogP contribution in [0.3, 0.4) is 0 Å². The number of hydrazine groups is 2. The number of amidine groups is 1. The quantitative estimate of drug-likeness (QED) is 0.190. The molecule has 14 nitrogen and oxygen atoms in total. The van der Waals surface area contributed by atoms with Crippen LogP contribution >= 0.6 is 0 Å². The number of nitro benzene ring substituents is 1. The molecule has 3 aliphatic heterocycles. The van der Waals surface area contributed by atoms with E-state index >= 15 is 0 Å². The zero-order valence-electron chi connectivity index (χ0n) is 22.1. The van der Waals surface area contributed by atoms with Gasteiger partial charge in [-0.05, 0) is 60.5 Å². The Morgan fingerprint density at radius 1 is 1.20 bits per heavy atom. The van der Waals surface area contributed by atoms with Crippen molar-refractivity contribution in [1.29, 1.82) is 0 Å². The van der Waals surface area contributed by atoms with Gasteiger partial charge < -0.3 is 19.3 Å². The molecular formula is C27H25N8O6-. The van der Waals surface area contributed by atoms with Crippen LogP contribution in [0.25, 0.3) is 0 Å². The van der Waals surface area contributed by atoms with Crippen LogP contribution in [-0.2, 0) is 6.42 Å². The minimum absolute atomic E-state index is 0.0308. The number of non-ortho nitro benzene ring substituents is 1. The molecule has 3 aromatic rings. The molecule has 1 atom stereocenters. The van der Waals surface area contributed by atoms with Crippen LogP contribution in [0.2, 0.25) is 0 Å². The number of likely N-dealkylation sites (N-methyl/N-ethyl adjacent to an activating group) is 1. The van der Waals surface area contributed by atoms with E-state index in [9.17, 15) is 15.2 Å². The second-order valence-electron chi connectivity index (χ2n) is 9.42. The summed E-state index contributed by atoms with van der Waals surface area (Å²) in [5.74, 6) is 2.03. The van der Waals surface area contributed by atoms with Gasteiger partial charge in [0.1, 0.15) is 6.04 Å². The predicted molar refractivity (Wildman–Crippen MR) is 148 cm³/mol. The molecule has 0 amide bonds. The van der Waals surface area contributed by atoms with E-state index in [-0.39, 0.29) is 18.5 Å². The zero-order valence-corrected chi connectivity index (χ0v) is 22.1. The summed E-state index contributed by atoms with van der Waals surface area (Å²) in [4.78, 5) is 12.5. The van der Waals surface area contributed by atoms with Crippen LogP contribution in [-0.4, -0.2) is 55.3 Å². The molecule has 41 heavy (non-hydrogen) atoms. The number of rotatable bonds is 7. The number of nitrogens with zero attached hydrogens (tertiary/aromatic N) is 6. The molecule has 0 bridgehead atoms. The van der Waals surface area contributed by atoms with Crippen molar-refractivity contribution in [3.8, 4) is 17.2 Å². The number of hydrogen-bond acceptors (Lipinski definition) is 13. The molecule has 6 rings (SSSR count). The summed E-state index contributed by atoms with van der Waals surface area (Å²) in [5, 5.41) is 37.3. The Balaban J connectivity index is 1.22. The molecular weight excluding hydrogens is 532 g/mol. The van der Waals surface area contributed by atoms with Gasteiger partial charge in [-0.1, -0.05) is 12.1 Å². The normalized spacial score (nSPS) is 18.3. The standard InChI is InChI=1S/C27H26N8O6/c1-33-12-11-18-13-21-24(41-15-40-21)25(39-2)22(18)23(33)26-29-31-32-34(26)19-9-5-17(6-10-19)27(36)30-28-14-16-3-7-20(8-4-16)35(37)38/h3-10,13-14,23,31-32H,11-12,15H2,1-2H3,(H,30,36)/p-1/t23-/m1/s1. The van der Waals surface area contributed by atoms with Crippen LogP contribution < -0.4 is 35.4 Å². The highest BCUT2D eigenvalue weighted by atomic mass is 16.7. The van der Waals surface area contributed by atoms with Gasteiger partial charge in [-0.2, -0.15) is 10.2 Å². The average Bonchev–Trinajstić information content (AvgIpc) is 3.66. The van der Waals surface area contributed by atoms with Gasteiger partial charge in [-0.25, -0.2) is 10.5 Å². The Labute approximate surface area is 234 Å². The summed E-state index contributed by atoms with van der Waals surface area (Å²) in [6, 6.07) is 14.4. The van der Waals surface area contributed by atoms with Crippen LogP contribution in [0.4, 0.5) is 11.4 Å². The first-order valence-corrected chi connectivity index (χ1v) is 12.7. The molecule has 2 N–H and O–H groups in total. The number of hydrogen-bond donors (Lipinski definition) is 2. The maximum absolute atomic E-state index is 12.6. The second kappa shape index (κ2) is 10.7. The fourth-order valence-electron chi connectivity index (χ4n) is 5.02. The average molecular weight is 558 g/mol. The third-order valence-corrected chi connectivity index (χ3v) is 7.03. The first-order valence-electron chi connectivity index (χ1n) is 12.7. The number of nitro groups is 1. The molecule has 3 heterocycles. The van der Waals surface area contributed by atoms with Crippen molar-refractivity contribution in [1.82, 2.24) is 16.0 Å². The van der Waals surface area contributed by atoms with Crippen molar-refractivity contribution in [3.05, 3.63) is 87.0 Å². The van der Waals surface area contributed by atoms with Crippen LogP contribution in [0.15, 0.2) is 69.9 Å². The van der Waals surface area contributed by atoms with Crippen molar-refractivity contribution in [3.63, 3.8) is 0 Å². The number of nitrogens with one attached hydrogen (secondary N) is 2. The number of benzene rings is 3. The summed E-state index contributed by atoms with van der Waals surface area (Å²) in [7, 11) is 3.64. The molecule has 210 valence electrons. The van der Waals surface area contributed by atoms with E-state index in [1.54, 1.807) is 36.4 Å². The highest BCUT2D eigenvalue weighted by molar-refractivity contribution is 6.03. The van der Waals surface area contributed by atoms with Gasteiger partial charge in [-0.3, -0.25) is 15.0 Å². The molecule has 3 aromatic carbocycles. The number of methoxy groups -OCH3 is 1. The van der Waals surface area contributed by atoms with Gasteiger partial charge >= 0.3 is 0 Å². The summed E-state index contributed by atoms with van der Waals surface area (Å²) < 4.78 is 17.2. The topological polar surface area (TPSA) is 162 Å². The van der Waals surface area contributed by atoms with Crippen LogP contribution in [0.5, 0.6) is 17.2 Å². The Morgan fingerprint density at radius 2 is 1.98 bits per heavy atom. The second-order valence-corrected chi connectivity index (χ2v) is 9.42. The number of hydrazone groups is 1. The van der Waals surface area contributed by atoms with E-state index in [0.29, 0.717) is 34.2 Å². The Hall–Kier alpha value is -5.21. The Bertz CT molecular complexity index is 1570.